The van der Waals surface area contributed by atoms with Gasteiger partial charge in [0.25, 0.3) is 0 Å². The van der Waals surface area contributed by atoms with Crippen molar-refractivity contribution in [2.45, 2.75) is 6.54 Å². The molecule has 0 unspecified atom stereocenters. The maximum atomic E-state index is 13.5. The predicted molar refractivity (Wildman–Crippen MR) is 86.9 cm³/mol. The SMILES string of the molecule is O=Cc1cn(CCOc2ccccc2F)c2ccc(Br)cc12. The molecule has 0 fully saturated rings. The summed E-state index contributed by atoms with van der Waals surface area (Å²) in [5.74, 6) is -0.144. The number of ether oxygens (including phenoxy) is 1. The fourth-order valence-electron chi connectivity index (χ4n) is 2.39. The van der Waals surface area contributed by atoms with Gasteiger partial charge in [0.15, 0.2) is 17.9 Å². The number of carbonyl (C=O) groups excluding carboxylic acids is 1. The van der Waals surface area contributed by atoms with E-state index in [9.17, 15) is 9.18 Å². The molecule has 3 rings (SSSR count). The Morgan fingerprint density at radius 2 is 2.05 bits per heavy atom. The summed E-state index contributed by atoms with van der Waals surface area (Å²) in [6.45, 7) is 0.847. The summed E-state index contributed by atoms with van der Waals surface area (Å²) in [6, 6.07) is 12.1. The van der Waals surface area contributed by atoms with E-state index in [0.717, 1.165) is 21.7 Å². The Morgan fingerprint density at radius 1 is 1.23 bits per heavy atom. The van der Waals surface area contributed by atoms with Crippen LogP contribution < -0.4 is 4.74 Å². The third-order valence-electron chi connectivity index (χ3n) is 3.43. The molecular weight excluding hydrogens is 349 g/mol. The molecule has 0 amide bonds. The van der Waals surface area contributed by atoms with Crippen molar-refractivity contribution in [2.75, 3.05) is 6.61 Å². The van der Waals surface area contributed by atoms with Crippen LogP contribution >= 0.6 is 15.9 Å². The Bertz CT molecular complexity index is 829. The molecular formula is C17H13BrFNO2. The van der Waals surface area contributed by atoms with Gasteiger partial charge >= 0.3 is 0 Å². The number of carbonyl (C=O) groups is 1. The highest BCUT2D eigenvalue weighted by Crippen LogP contribution is 2.24. The Labute approximate surface area is 135 Å². The fourth-order valence-corrected chi connectivity index (χ4v) is 2.75. The lowest BCUT2D eigenvalue weighted by Gasteiger charge is -2.09. The number of aromatic nitrogens is 1. The van der Waals surface area contributed by atoms with Gasteiger partial charge in [0.1, 0.15) is 6.61 Å². The number of rotatable bonds is 5. The van der Waals surface area contributed by atoms with Crippen molar-refractivity contribution in [2.24, 2.45) is 0 Å². The topological polar surface area (TPSA) is 31.2 Å². The molecule has 0 saturated carbocycles. The van der Waals surface area contributed by atoms with Gasteiger partial charge in [-0.2, -0.15) is 0 Å². The first-order valence-electron chi connectivity index (χ1n) is 6.80. The van der Waals surface area contributed by atoms with Crippen molar-refractivity contribution in [3.8, 4) is 5.75 Å². The minimum Gasteiger partial charge on any atom is -0.489 e. The van der Waals surface area contributed by atoms with Crippen LogP contribution in [0, 0.1) is 5.82 Å². The summed E-state index contributed by atoms with van der Waals surface area (Å²) >= 11 is 3.40. The molecule has 0 spiro atoms. The Kier molecular flexibility index (Phi) is 4.24. The van der Waals surface area contributed by atoms with Crippen molar-refractivity contribution < 1.29 is 13.9 Å². The van der Waals surface area contributed by atoms with Crippen LogP contribution in [0.4, 0.5) is 4.39 Å². The highest BCUT2D eigenvalue weighted by Gasteiger charge is 2.09. The van der Waals surface area contributed by atoms with Gasteiger partial charge in [-0.15, -0.1) is 0 Å². The zero-order valence-electron chi connectivity index (χ0n) is 11.6. The van der Waals surface area contributed by atoms with Crippen molar-refractivity contribution in [3.05, 3.63) is 64.5 Å². The molecule has 0 atom stereocenters. The molecule has 0 bridgehead atoms. The summed E-state index contributed by atoms with van der Waals surface area (Å²) in [4.78, 5) is 11.2. The summed E-state index contributed by atoms with van der Waals surface area (Å²) < 4.78 is 21.8. The lowest BCUT2D eigenvalue weighted by atomic mass is 10.2. The molecule has 22 heavy (non-hydrogen) atoms. The lowest BCUT2D eigenvalue weighted by Crippen LogP contribution is -2.08. The summed E-state index contributed by atoms with van der Waals surface area (Å²) in [6.07, 6.45) is 2.62. The van der Waals surface area contributed by atoms with Crippen molar-refractivity contribution in [1.82, 2.24) is 4.57 Å². The number of aldehydes is 1. The number of nitrogens with zero attached hydrogens (tertiary/aromatic N) is 1. The average Bonchev–Trinajstić information content (AvgIpc) is 2.86. The minimum absolute atomic E-state index is 0.234. The number of halogens is 2. The van der Waals surface area contributed by atoms with Gasteiger partial charge in [0, 0.05) is 27.1 Å². The fraction of sp³-hybridized carbons (Fsp3) is 0.118. The Morgan fingerprint density at radius 3 is 2.82 bits per heavy atom. The lowest BCUT2D eigenvalue weighted by molar-refractivity contribution is 0.112. The third-order valence-corrected chi connectivity index (χ3v) is 3.92. The smallest absolute Gasteiger partial charge is 0.165 e. The molecule has 3 nitrogen and oxygen atoms in total. The van der Waals surface area contributed by atoms with Crippen LogP contribution in [-0.2, 0) is 6.54 Å². The average molecular weight is 362 g/mol. The summed E-state index contributed by atoms with van der Waals surface area (Å²) in [7, 11) is 0. The minimum atomic E-state index is -0.377. The molecule has 1 heterocycles. The molecule has 0 radical (unpaired) electrons. The van der Waals surface area contributed by atoms with Gasteiger partial charge in [-0.25, -0.2) is 4.39 Å². The number of hydrogen-bond acceptors (Lipinski definition) is 2. The second kappa shape index (κ2) is 6.32. The second-order valence-corrected chi connectivity index (χ2v) is 5.75. The van der Waals surface area contributed by atoms with E-state index in [1.165, 1.54) is 6.07 Å². The molecule has 5 heteroatoms. The Balaban J connectivity index is 1.80. The van der Waals surface area contributed by atoms with Crippen LogP contribution in [0.5, 0.6) is 5.75 Å². The highest BCUT2D eigenvalue weighted by molar-refractivity contribution is 9.10. The van der Waals surface area contributed by atoms with Crippen molar-refractivity contribution in [1.29, 1.82) is 0 Å². The van der Waals surface area contributed by atoms with Gasteiger partial charge in [-0.05, 0) is 30.3 Å². The molecule has 3 aromatic rings. The first-order chi connectivity index (χ1) is 10.7. The molecule has 0 aliphatic carbocycles. The van der Waals surface area contributed by atoms with E-state index in [0.29, 0.717) is 18.7 Å². The van der Waals surface area contributed by atoms with Crippen LogP contribution in [0.2, 0.25) is 0 Å². The van der Waals surface area contributed by atoms with Gasteiger partial charge < -0.3 is 9.30 Å². The molecule has 2 aromatic carbocycles. The van der Waals surface area contributed by atoms with E-state index < -0.39 is 0 Å². The summed E-state index contributed by atoms with van der Waals surface area (Å²) in [5, 5.41) is 0.885. The van der Waals surface area contributed by atoms with Crippen LogP contribution in [0.25, 0.3) is 10.9 Å². The van der Waals surface area contributed by atoms with E-state index in [1.54, 1.807) is 24.4 Å². The molecule has 0 aliphatic heterocycles. The van der Waals surface area contributed by atoms with E-state index in [-0.39, 0.29) is 11.6 Å². The predicted octanol–water partition coefficient (Wildman–Crippen LogP) is 4.43. The quantitative estimate of drug-likeness (QED) is 0.629. The Hall–Kier alpha value is -2.14. The van der Waals surface area contributed by atoms with Gasteiger partial charge in [0.05, 0.1) is 6.54 Å². The first kappa shape index (κ1) is 14.8. The van der Waals surface area contributed by atoms with E-state index in [4.69, 9.17) is 4.74 Å². The third kappa shape index (κ3) is 2.90. The standard InChI is InChI=1S/C17H13BrFNO2/c18-13-5-6-16-14(9-13)12(11-21)10-20(16)7-8-22-17-4-2-1-3-15(17)19/h1-6,9-11H,7-8H2. The number of hydrogen-bond donors (Lipinski definition) is 0. The molecule has 1 aromatic heterocycles. The van der Waals surface area contributed by atoms with Crippen molar-refractivity contribution in [3.63, 3.8) is 0 Å². The van der Waals surface area contributed by atoms with E-state index >= 15 is 0 Å². The summed E-state index contributed by atoms with van der Waals surface area (Å²) in [5.41, 5.74) is 1.57. The van der Waals surface area contributed by atoms with Gasteiger partial charge in [0.2, 0.25) is 0 Å². The van der Waals surface area contributed by atoms with Crippen LogP contribution in [-0.4, -0.2) is 17.5 Å². The maximum absolute atomic E-state index is 13.5. The number of benzene rings is 2. The zero-order chi connectivity index (χ0) is 15.5. The second-order valence-electron chi connectivity index (χ2n) is 4.84. The van der Waals surface area contributed by atoms with Crippen LogP contribution in [0.1, 0.15) is 10.4 Å². The largest absolute Gasteiger partial charge is 0.489 e. The maximum Gasteiger partial charge on any atom is 0.165 e. The number of fused-ring (bicyclic) bond motifs is 1. The highest BCUT2D eigenvalue weighted by atomic mass is 79.9. The van der Waals surface area contributed by atoms with E-state index in [2.05, 4.69) is 15.9 Å². The first-order valence-corrected chi connectivity index (χ1v) is 7.59. The molecule has 0 N–H and O–H groups in total. The van der Waals surface area contributed by atoms with Gasteiger partial charge in [-0.1, -0.05) is 28.1 Å². The van der Waals surface area contributed by atoms with E-state index in [1.807, 2.05) is 22.8 Å². The monoisotopic (exact) mass is 361 g/mol. The molecule has 112 valence electrons. The normalized spacial score (nSPS) is 10.8. The zero-order valence-corrected chi connectivity index (χ0v) is 13.2. The molecule has 0 saturated heterocycles. The number of para-hydroxylation sites is 1. The van der Waals surface area contributed by atoms with Crippen molar-refractivity contribution >= 4 is 33.1 Å². The van der Waals surface area contributed by atoms with Crippen LogP contribution in [0.3, 0.4) is 0 Å². The van der Waals surface area contributed by atoms with Gasteiger partial charge in [-0.3, -0.25) is 4.79 Å². The van der Waals surface area contributed by atoms with Crippen LogP contribution in [0.15, 0.2) is 53.1 Å². The molecule has 0 aliphatic rings.